The van der Waals surface area contributed by atoms with Crippen molar-refractivity contribution in [1.29, 1.82) is 0 Å². The maximum absolute atomic E-state index is 6.35. The molecule has 1 nitrogen and oxygen atoms in total. The summed E-state index contributed by atoms with van der Waals surface area (Å²) in [7, 11) is 0. The molecule has 2 atom stereocenters. The highest BCUT2D eigenvalue weighted by Gasteiger charge is 2.22. The third kappa shape index (κ3) is 4.98. The number of hydrogen-bond donors (Lipinski definition) is 1. The van der Waals surface area contributed by atoms with E-state index in [4.69, 9.17) is 23.2 Å². The zero-order valence-corrected chi connectivity index (χ0v) is 13.9. The fourth-order valence-corrected chi connectivity index (χ4v) is 2.94. The lowest BCUT2D eigenvalue weighted by Crippen LogP contribution is -2.28. The number of nitrogens with one attached hydrogen (secondary N) is 1. The Morgan fingerprint density at radius 3 is 2.11 bits per heavy atom. The summed E-state index contributed by atoms with van der Waals surface area (Å²) in [4.78, 5) is 0. The van der Waals surface area contributed by atoms with Crippen molar-refractivity contribution in [3.8, 4) is 0 Å². The van der Waals surface area contributed by atoms with Crippen molar-refractivity contribution in [2.24, 2.45) is 11.8 Å². The molecule has 1 aromatic carbocycles. The smallest absolute Gasteiger partial charge is 0.0456 e. The van der Waals surface area contributed by atoms with Gasteiger partial charge in [-0.1, -0.05) is 63.4 Å². The maximum Gasteiger partial charge on any atom is 0.0456 e. The highest BCUT2D eigenvalue weighted by Crippen LogP contribution is 2.36. The first kappa shape index (κ1) is 16.8. The molecule has 1 rings (SSSR count). The molecule has 0 aromatic heterocycles. The summed E-state index contributed by atoms with van der Waals surface area (Å²) in [6.07, 6.45) is 1.12. The second-order valence-corrected chi connectivity index (χ2v) is 6.49. The van der Waals surface area contributed by atoms with Crippen molar-refractivity contribution < 1.29 is 0 Å². The number of halogens is 2. The molecule has 19 heavy (non-hydrogen) atoms. The van der Waals surface area contributed by atoms with Crippen LogP contribution >= 0.6 is 23.2 Å². The molecule has 1 aromatic rings. The van der Waals surface area contributed by atoms with Crippen LogP contribution in [0.3, 0.4) is 0 Å². The molecular weight excluding hydrogens is 277 g/mol. The third-order valence-electron chi connectivity index (χ3n) is 3.62. The second kappa shape index (κ2) is 8.14. The van der Waals surface area contributed by atoms with Gasteiger partial charge in [0, 0.05) is 22.5 Å². The molecule has 2 unspecified atom stereocenters. The second-order valence-electron chi connectivity index (χ2n) is 5.68. The van der Waals surface area contributed by atoms with Gasteiger partial charge in [0.05, 0.1) is 0 Å². The standard InChI is InChI=1S/C16H25Cl2N/c1-5-12(4)13(10-19-9-11(2)3)16-14(17)7-6-8-15(16)18/h6-8,11-13,19H,5,9-10H2,1-4H3. The normalized spacial score (nSPS) is 14.7. The van der Waals surface area contributed by atoms with Gasteiger partial charge in [0.25, 0.3) is 0 Å². The fraction of sp³-hybridized carbons (Fsp3) is 0.625. The van der Waals surface area contributed by atoms with Gasteiger partial charge in [-0.2, -0.15) is 0 Å². The zero-order chi connectivity index (χ0) is 14.4. The van der Waals surface area contributed by atoms with Crippen molar-refractivity contribution in [3.63, 3.8) is 0 Å². The van der Waals surface area contributed by atoms with E-state index in [-0.39, 0.29) is 0 Å². The summed E-state index contributed by atoms with van der Waals surface area (Å²) in [5.41, 5.74) is 1.09. The van der Waals surface area contributed by atoms with E-state index in [0.717, 1.165) is 35.1 Å². The average molecular weight is 302 g/mol. The maximum atomic E-state index is 6.35. The van der Waals surface area contributed by atoms with Crippen LogP contribution in [0.1, 0.15) is 45.6 Å². The first-order chi connectivity index (χ1) is 8.97. The number of rotatable bonds is 7. The van der Waals surface area contributed by atoms with E-state index in [1.54, 1.807) is 0 Å². The van der Waals surface area contributed by atoms with Crippen LogP contribution in [0.15, 0.2) is 18.2 Å². The van der Waals surface area contributed by atoms with Gasteiger partial charge in [-0.05, 0) is 36.1 Å². The number of benzene rings is 1. The molecule has 0 heterocycles. The van der Waals surface area contributed by atoms with Crippen LogP contribution in [-0.4, -0.2) is 13.1 Å². The average Bonchev–Trinajstić information content (AvgIpc) is 2.35. The van der Waals surface area contributed by atoms with Gasteiger partial charge in [0.2, 0.25) is 0 Å². The lowest BCUT2D eigenvalue weighted by molar-refractivity contribution is 0.409. The van der Waals surface area contributed by atoms with Crippen LogP contribution in [0.25, 0.3) is 0 Å². The molecule has 0 aliphatic heterocycles. The van der Waals surface area contributed by atoms with E-state index >= 15 is 0 Å². The summed E-state index contributed by atoms with van der Waals surface area (Å²) < 4.78 is 0. The molecule has 3 heteroatoms. The van der Waals surface area contributed by atoms with Crippen LogP contribution in [-0.2, 0) is 0 Å². The third-order valence-corrected chi connectivity index (χ3v) is 4.28. The SMILES string of the molecule is CCC(C)C(CNCC(C)C)c1c(Cl)cccc1Cl. The molecule has 108 valence electrons. The lowest BCUT2D eigenvalue weighted by atomic mass is 9.85. The Bertz CT molecular complexity index is 370. The molecule has 0 amide bonds. The van der Waals surface area contributed by atoms with Crippen molar-refractivity contribution in [1.82, 2.24) is 5.32 Å². The van der Waals surface area contributed by atoms with Crippen molar-refractivity contribution >= 4 is 23.2 Å². The first-order valence-electron chi connectivity index (χ1n) is 7.11. The molecule has 0 aliphatic rings. The van der Waals surface area contributed by atoms with Crippen molar-refractivity contribution in [3.05, 3.63) is 33.8 Å². The molecule has 0 bridgehead atoms. The summed E-state index contributed by atoms with van der Waals surface area (Å²) in [5.74, 6) is 1.57. The minimum absolute atomic E-state index is 0.366. The largest absolute Gasteiger partial charge is 0.316 e. The van der Waals surface area contributed by atoms with Gasteiger partial charge < -0.3 is 5.32 Å². The molecular formula is C16H25Cl2N. The Labute approximate surface area is 127 Å². The van der Waals surface area contributed by atoms with Gasteiger partial charge in [0.15, 0.2) is 0 Å². The topological polar surface area (TPSA) is 12.0 Å². The van der Waals surface area contributed by atoms with Gasteiger partial charge in [-0.25, -0.2) is 0 Å². The van der Waals surface area contributed by atoms with Crippen LogP contribution in [0, 0.1) is 11.8 Å². The zero-order valence-electron chi connectivity index (χ0n) is 12.3. The van der Waals surface area contributed by atoms with Crippen LogP contribution in [0.4, 0.5) is 0 Å². The quantitative estimate of drug-likeness (QED) is 0.714. The van der Waals surface area contributed by atoms with E-state index in [9.17, 15) is 0 Å². The van der Waals surface area contributed by atoms with Gasteiger partial charge in [-0.3, -0.25) is 0 Å². The molecule has 0 spiro atoms. The molecule has 0 radical (unpaired) electrons. The monoisotopic (exact) mass is 301 g/mol. The Balaban J connectivity index is 2.90. The summed E-state index contributed by atoms with van der Waals surface area (Å²) in [6, 6.07) is 5.77. The van der Waals surface area contributed by atoms with E-state index in [0.29, 0.717) is 17.8 Å². The van der Waals surface area contributed by atoms with Gasteiger partial charge in [0.1, 0.15) is 0 Å². The summed E-state index contributed by atoms with van der Waals surface area (Å²) >= 11 is 12.7. The predicted octanol–water partition coefficient (Wildman–Crippen LogP) is 5.37. The lowest BCUT2D eigenvalue weighted by Gasteiger charge is -2.26. The van der Waals surface area contributed by atoms with Crippen molar-refractivity contribution in [2.45, 2.75) is 40.0 Å². The Hall–Kier alpha value is -0.240. The van der Waals surface area contributed by atoms with Crippen LogP contribution in [0.2, 0.25) is 10.0 Å². The van der Waals surface area contributed by atoms with E-state index in [1.807, 2.05) is 18.2 Å². The summed E-state index contributed by atoms with van der Waals surface area (Å²) in [6.45, 7) is 10.9. The molecule has 0 saturated carbocycles. The van der Waals surface area contributed by atoms with Crippen LogP contribution in [0.5, 0.6) is 0 Å². The van der Waals surface area contributed by atoms with Gasteiger partial charge >= 0.3 is 0 Å². The predicted molar refractivity (Wildman–Crippen MR) is 86.4 cm³/mol. The number of hydrogen-bond acceptors (Lipinski definition) is 1. The van der Waals surface area contributed by atoms with E-state index < -0.39 is 0 Å². The summed E-state index contributed by atoms with van der Waals surface area (Å²) in [5, 5.41) is 5.10. The Morgan fingerprint density at radius 1 is 1.05 bits per heavy atom. The molecule has 0 aliphatic carbocycles. The molecule has 0 saturated heterocycles. The van der Waals surface area contributed by atoms with Crippen LogP contribution < -0.4 is 5.32 Å². The Morgan fingerprint density at radius 2 is 1.63 bits per heavy atom. The highest BCUT2D eigenvalue weighted by molar-refractivity contribution is 6.36. The Kier molecular flexibility index (Phi) is 7.20. The molecule has 0 fully saturated rings. The van der Waals surface area contributed by atoms with E-state index in [1.165, 1.54) is 0 Å². The van der Waals surface area contributed by atoms with E-state index in [2.05, 4.69) is 33.0 Å². The minimum Gasteiger partial charge on any atom is -0.316 e. The fourth-order valence-electron chi connectivity index (χ4n) is 2.26. The van der Waals surface area contributed by atoms with Crippen molar-refractivity contribution in [2.75, 3.05) is 13.1 Å². The first-order valence-corrected chi connectivity index (χ1v) is 7.87. The highest BCUT2D eigenvalue weighted by atomic mass is 35.5. The molecule has 1 N–H and O–H groups in total. The van der Waals surface area contributed by atoms with Gasteiger partial charge in [-0.15, -0.1) is 0 Å². The minimum atomic E-state index is 0.366.